The molecule has 4 rings (SSSR count). The van der Waals surface area contributed by atoms with Crippen LogP contribution in [0.5, 0.6) is 0 Å². The van der Waals surface area contributed by atoms with Crippen LogP contribution in [0.15, 0.2) is 23.0 Å². The minimum atomic E-state index is -1.17. The third-order valence-electron chi connectivity index (χ3n) is 7.46. The summed E-state index contributed by atoms with van der Waals surface area (Å²) in [6.45, 7) is 17.1. The van der Waals surface area contributed by atoms with E-state index in [1.807, 2.05) is 40.0 Å². The van der Waals surface area contributed by atoms with Crippen molar-refractivity contribution in [3.05, 3.63) is 34.2 Å². The van der Waals surface area contributed by atoms with Gasteiger partial charge in [0.1, 0.15) is 12.3 Å². The van der Waals surface area contributed by atoms with Crippen LogP contribution in [0.25, 0.3) is 11.0 Å². The largest absolute Gasteiger partial charge is 0.444 e. The maximum atomic E-state index is 13.0. The maximum absolute atomic E-state index is 13.0. The molecule has 0 unspecified atom stereocenters. The molecular weight excluding hydrogens is 500 g/mol. The zero-order valence-electron chi connectivity index (χ0n) is 24.3. The van der Waals surface area contributed by atoms with Crippen LogP contribution in [-0.4, -0.2) is 84.3 Å². The molecule has 1 aromatic carbocycles. The lowest BCUT2D eigenvalue weighted by Gasteiger charge is -2.39. The van der Waals surface area contributed by atoms with Gasteiger partial charge in [0, 0.05) is 47.9 Å². The molecule has 0 atom stereocenters. The number of aromatic nitrogens is 2. The summed E-state index contributed by atoms with van der Waals surface area (Å²) in [5.74, 6) is 0.377. The lowest BCUT2D eigenvalue weighted by molar-refractivity contribution is -0.0742. The second-order valence-electron chi connectivity index (χ2n) is 13.0. The first-order valence-corrected chi connectivity index (χ1v) is 17.6. The van der Waals surface area contributed by atoms with Gasteiger partial charge in [0.05, 0.1) is 23.9 Å². The van der Waals surface area contributed by atoms with Gasteiger partial charge in [0.25, 0.3) is 0 Å². The van der Waals surface area contributed by atoms with Crippen LogP contribution in [0.2, 0.25) is 25.7 Å². The molecule has 2 fully saturated rings. The minimum Gasteiger partial charge on any atom is -0.444 e. The number of amides is 1. The molecule has 2 aliphatic rings. The number of imidazole rings is 1. The Morgan fingerprint density at radius 2 is 1.74 bits per heavy atom. The quantitative estimate of drug-likeness (QED) is 0.342. The molecule has 1 amide bonds. The standard InChI is InChI=1S/C28H46N4O5Si/c1-28(2,3)37-27(34)31-13-11-30(12-14-31)19-36-22-17-21(18-22)23-9-8-10-24-25(23)29(4)26(33)32(24)20-35-15-16-38(5,6)7/h8-10,21-22H,11-20H2,1-7H3/t21-,22+. The van der Waals surface area contributed by atoms with Gasteiger partial charge in [-0.25, -0.2) is 9.59 Å². The molecular formula is C28H46N4O5Si. The van der Waals surface area contributed by atoms with Crippen LogP contribution < -0.4 is 5.69 Å². The van der Waals surface area contributed by atoms with Crippen LogP contribution >= 0.6 is 0 Å². The topological polar surface area (TPSA) is 78.2 Å². The Balaban J connectivity index is 1.27. The first-order valence-electron chi connectivity index (χ1n) is 13.9. The second-order valence-corrected chi connectivity index (χ2v) is 18.6. The molecule has 0 N–H and O–H groups in total. The molecule has 10 heteroatoms. The van der Waals surface area contributed by atoms with Gasteiger partial charge in [0.2, 0.25) is 0 Å². The second kappa shape index (κ2) is 11.5. The van der Waals surface area contributed by atoms with E-state index in [0.717, 1.165) is 43.0 Å². The number of hydrogen-bond donors (Lipinski definition) is 0. The number of piperazine rings is 1. The Labute approximate surface area is 227 Å². The van der Waals surface area contributed by atoms with Crippen molar-refractivity contribution in [1.82, 2.24) is 18.9 Å². The van der Waals surface area contributed by atoms with Crippen molar-refractivity contribution in [2.75, 3.05) is 39.5 Å². The lowest BCUT2D eigenvalue weighted by Crippen LogP contribution is -2.51. The smallest absolute Gasteiger partial charge is 0.410 e. The third kappa shape index (κ3) is 7.08. The van der Waals surface area contributed by atoms with Crippen molar-refractivity contribution in [2.45, 2.75) is 83.7 Å². The van der Waals surface area contributed by atoms with E-state index in [9.17, 15) is 9.59 Å². The minimum absolute atomic E-state index is 0.0295. The van der Waals surface area contributed by atoms with Crippen LogP contribution in [0.1, 0.15) is 45.1 Å². The highest BCUT2D eigenvalue weighted by Crippen LogP contribution is 2.41. The number of para-hydroxylation sites is 1. The van der Waals surface area contributed by atoms with E-state index in [1.54, 1.807) is 14.0 Å². The number of benzene rings is 1. The third-order valence-corrected chi connectivity index (χ3v) is 9.16. The van der Waals surface area contributed by atoms with Gasteiger partial charge < -0.3 is 19.1 Å². The van der Waals surface area contributed by atoms with Gasteiger partial charge in [-0.2, -0.15) is 0 Å². The van der Waals surface area contributed by atoms with E-state index in [2.05, 4.69) is 30.6 Å². The highest BCUT2D eigenvalue weighted by atomic mass is 28.3. The summed E-state index contributed by atoms with van der Waals surface area (Å²) >= 11 is 0. The van der Waals surface area contributed by atoms with E-state index in [0.29, 0.717) is 39.1 Å². The number of aryl methyl sites for hydroxylation is 1. The van der Waals surface area contributed by atoms with Crippen molar-refractivity contribution in [1.29, 1.82) is 0 Å². The number of carbonyl (C=O) groups is 1. The van der Waals surface area contributed by atoms with Crippen LogP contribution in [0.4, 0.5) is 4.79 Å². The molecule has 212 valence electrons. The summed E-state index contributed by atoms with van der Waals surface area (Å²) in [5.41, 5.74) is 2.66. The van der Waals surface area contributed by atoms with Crippen LogP contribution in [0.3, 0.4) is 0 Å². The normalized spacial score (nSPS) is 21.1. The number of carbonyl (C=O) groups excluding carboxylic acids is 1. The Kier molecular flexibility index (Phi) is 8.76. The molecule has 1 aromatic heterocycles. The SMILES string of the molecule is Cn1c(=O)n(COCC[Si](C)(C)C)c2cccc([C@H]3C[C@@H](OCN4CCN(C(=O)OC(C)(C)C)CC4)C3)c21. The molecule has 0 spiro atoms. The van der Waals surface area contributed by atoms with E-state index < -0.39 is 13.7 Å². The predicted octanol–water partition coefficient (Wildman–Crippen LogP) is 4.43. The fourth-order valence-corrected chi connectivity index (χ4v) is 5.81. The monoisotopic (exact) mass is 546 g/mol. The highest BCUT2D eigenvalue weighted by molar-refractivity contribution is 6.76. The summed E-state index contributed by atoms with van der Waals surface area (Å²) < 4.78 is 21.1. The van der Waals surface area contributed by atoms with E-state index in [4.69, 9.17) is 14.2 Å². The first kappa shape index (κ1) is 28.9. The molecule has 0 bridgehead atoms. The Morgan fingerprint density at radius 1 is 1.05 bits per heavy atom. The van der Waals surface area contributed by atoms with Crippen molar-refractivity contribution in [3.8, 4) is 0 Å². The van der Waals surface area contributed by atoms with Crippen molar-refractivity contribution in [3.63, 3.8) is 0 Å². The number of nitrogens with zero attached hydrogens (tertiary/aromatic N) is 4. The summed E-state index contributed by atoms with van der Waals surface area (Å²) in [6, 6.07) is 7.30. The number of ether oxygens (including phenoxy) is 3. The van der Waals surface area contributed by atoms with E-state index in [-0.39, 0.29) is 17.9 Å². The van der Waals surface area contributed by atoms with Gasteiger partial charge in [0.15, 0.2) is 0 Å². The number of hydrogen-bond acceptors (Lipinski definition) is 6. The molecule has 38 heavy (non-hydrogen) atoms. The zero-order chi connectivity index (χ0) is 27.7. The highest BCUT2D eigenvalue weighted by Gasteiger charge is 2.34. The first-order chi connectivity index (χ1) is 17.8. The van der Waals surface area contributed by atoms with Gasteiger partial charge in [-0.3, -0.25) is 14.0 Å². The summed E-state index contributed by atoms with van der Waals surface area (Å²) in [7, 11) is 0.685. The van der Waals surface area contributed by atoms with E-state index >= 15 is 0 Å². The van der Waals surface area contributed by atoms with Crippen LogP contribution in [-0.2, 0) is 28.0 Å². The van der Waals surface area contributed by atoms with E-state index in [1.165, 1.54) is 5.56 Å². The Morgan fingerprint density at radius 3 is 2.37 bits per heavy atom. The van der Waals surface area contributed by atoms with Gasteiger partial charge in [-0.1, -0.05) is 31.8 Å². The van der Waals surface area contributed by atoms with Gasteiger partial charge in [-0.15, -0.1) is 0 Å². The molecule has 1 saturated heterocycles. The fraction of sp³-hybridized carbons (Fsp3) is 0.714. The van der Waals surface area contributed by atoms with Crippen molar-refractivity contribution in [2.24, 2.45) is 7.05 Å². The zero-order valence-corrected chi connectivity index (χ0v) is 25.3. The average molecular weight is 547 g/mol. The molecule has 1 saturated carbocycles. The molecule has 0 radical (unpaired) electrons. The molecule has 2 aromatic rings. The summed E-state index contributed by atoms with van der Waals surface area (Å²) in [6.07, 6.45) is 1.87. The maximum Gasteiger partial charge on any atom is 0.410 e. The molecule has 9 nitrogen and oxygen atoms in total. The molecule has 1 aliphatic heterocycles. The molecule has 1 aliphatic carbocycles. The summed E-state index contributed by atoms with van der Waals surface area (Å²) in [4.78, 5) is 29.3. The predicted molar refractivity (Wildman–Crippen MR) is 152 cm³/mol. The Hall–Kier alpha value is -2.14. The number of fused-ring (bicyclic) bond motifs is 1. The fourth-order valence-electron chi connectivity index (χ4n) is 5.05. The van der Waals surface area contributed by atoms with Crippen molar-refractivity contribution < 1.29 is 19.0 Å². The van der Waals surface area contributed by atoms with Gasteiger partial charge in [-0.05, 0) is 57.2 Å². The lowest BCUT2D eigenvalue weighted by atomic mass is 9.77. The molecule has 2 heterocycles. The average Bonchev–Trinajstić information content (AvgIpc) is 3.04. The van der Waals surface area contributed by atoms with Gasteiger partial charge >= 0.3 is 11.8 Å². The Bertz CT molecular complexity index is 1160. The van der Waals surface area contributed by atoms with Crippen molar-refractivity contribution >= 4 is 25.2 Å². The summed E-state index contributed by atoms with van der Waals surface area (Å²) in [5, 5.41) is 0. The van der Waals surface area contributed by atoms with Crippen LogP contribution in [0, 0.1) is 0 Å². The number of rotatable bonds is 9.